The molecule has 5 heteroatoms. The molecule has 19 heavy (non-hydrogen) atoms. The van der Waals surface area contributed by atoms with Crippen LogP contribution in [0.2, 0.25) is 5.02 Å². The SMILES string of the molecule is Cc1cc(Nc2cc(F)cc(Cl)c2)ccc1C(=O)O. The number of hydrogen-bond acceptors (Lipinski definition) is 2. The lowest BCUT2D eigenvalue weighted by Crippen LogP contribution is -2.00. The Morgan fingerprint density at radius 3 is 2.53 bits per heavy atom. The Bertz CT molecular complexity index is 623. The van der Waals surface area contributed by atoms with Gasteiger partial charge in [-0.05, 0) is 48.9 Å². The number of halogens is 2. The van der Waals surface area contributed by atoms with Crippen molar-refractivity contribution in [3.63, 3.8) is 0 Å². The van der Waals surface area contributed by atoms with E-state index in [0.29, 0.717) is 22.0 Å². The highest BCUT2D eigenvalue weighted by atomic mass is 35.5. The van der Waals surface area contributed by atoms with Gasteiger partial charge in [0.15, 0.2) is 0 Å². The maximum atomic E-state index is 13.2. The van der Waals surface area contributed by atoms with Crippen LogP contribution in [0.15, 0.2) is 36.4 Å². The summed E-state index contributed by atoms with van der Waals surface area (Å²) in [6.07, 6.45) is 0. The van der Waals surface area contributed by atoms with Gasteiger partial charge in [0.25, 0.3) is 0 Å². The number of carbonyl (C=O) groups is 1. The average Bonchev–Trinajstić information content (AvgIpc) is 2.26. The largest absolute Gasteiger partial charge is 0.478 e. The minimum absolute atomic E-state index is 0.239. The lowest BCUT2D eigenvalue weighted by atomic mass is 10.1. The Balaban J connectivity index is 2.28. The van der Waals surface area contributed by atoms with Crippen molar-refractivity contribution in [3.8, 4) is 0 Å². The fraction of sp³-hybridized carbons (Fsp3) is 0.0714. The number of anilines is 2. The van der Waals surface area contributed by atoms with E-state index >= 15 is 0 Å². The molecule has 2 rings (SSSR count). The summed E-state index contributed by atoms with van der Waals surface area (Å²) in [6, 6.07) is 8.92. The van der Waals surface area contributed by atoms with E-state index in [1.165, 1.54) is 18.2 Å². The quantitative estimate of drug-likeness (QED) is 0.884. The molecule has 0 saturated heterocycles. The summed E-state index contributed by atoms with van der Waals surface area (Å²) in [5, 5.41) is 12.2. The first-order valence-corrected chi connectivity index (χ1v) is 5.90. The predicted octanol–water partition coefficient (Wildman–Crippen LogP) is 4.23. The second-order valence-corrected chi connectivity index (χ2v) is 4.55. The summed E-state index contributed by atoms with van der Waals surface area (Å²) < 4.78 is 13.2. The van der Waals surface area contributed by atoms with Gasteiger partial charge in [-0.15, -0.1) is 0 Å². The predicted molar refractivity (Wildman–Crippen MR) is 72.8 cm³/mol. The Labute approximate surface area is 114 Å². The van der Waals surface area contributed by atoms with Crippen molar-refractivity contribution in [3.05, 3.63) is 58.4 Å². The van der Waals surface area contributed by atoms with Crippen LogP contribution in [-0.4, -0.2) is 11.1 Å². The zero-order chi connectivity index (χ0) is 14.0. The summed E-state index contributed by atoms with van der Waals surface area (Å²) in [7, 11) is 0. The van der Waals surface area contributed by atoms with Crippen LogP contribution in [0, 0.1) is 12.7 Å². The molecule has 0 atom stereocenters. The van der Waals surface area contributed by atoms with Gasteiger partial charge in [-0.25, -0.2) is 9.18 Å². The van der Waals surface area contributed by atoms with Crippen LogP contribution in [0.25, 0.3) is 0 Å². The van der Waals surface area contributed by atoms with E-state index in [1.807, 2.05) is 0 Å². The fourth-order valence-corrected chi connectivity index (χ4v) is 2.00. The van der Waals surface area contributed by atoms with Crippen LogP contribution in [0.5, 0.6) is 0 Å². The van der Waals surface area contributed by atoms with Gasteiger partial charge in [0.2, 0.25) is 0 Å². The molecule has 0 heterocycles. The highest BCUT2D eigenvalue weighted by Crippen LogP contribution is 2.23. The molecule has 0 aliphatic carbocycles. The molecule has 0 bridgehead atoms. The van der Waals surface area contributed by atoms with E-state index in [1.54, 1.807) is 25.1 Å². The van der Waals surface area contributed by atoms with Gasteiger partial charge >= 0.3 is 5.97 Å². The van der Waals surface area contributed by atoms with Gasteiger partial charge < -0.3 is 10.4 Å². The van der Waals surface area contributed by atoms with Gasteiger partial charge in [0.1, 0.15) is 5.82 Å². The molecular formula is C14H11ClFNO2. The lowest BCUT2D eigenvalue weighted by Gasteiger charge is -2.09. The summed E-state index contributed by atoms with van der Waals surface area (Å²) in [4.78, 5) is 10.9. The molecule has 2 N–H and O–H groups in total. The van der Waals surface area contributed by atoms with E-state index in [-0.39, 0.29) is 5.56 Å². The van der Waals surface area contributed by atoms with Crippen molar-refractivity contribution >= 4 is 28.9 Å². The number of nitrogens with one attached hydrogen (secondary N) is 1. The highest BCUT2D eigenvalue weighted by molar-refractivity contribution is 6.30. The third-order valence-corrected chi connectivity index (χ3v) is 2.83. The molecule has 0 saturated carbocycles. The Kier molecular flexibility index (Phi) is 3.71. The third kappa shape index (κ3) is 3.23. The van der Waals surface area contributed by atoms with Gasteiger partial charge in [0.05, 0.1) is 5.56 Å². The van der Waals surface area contributed by atoms with Crippen molar-refractivity contribution in [2.75, 3.05) is 5.32 Å². The minimum Gasteiger partial charge on any atom is -0.478 e. The van der Waals surface area contributed by atoms with Crippen molar-refractivity contribution in [2.45, 2.75) is 6.92 Å². The molecule has 2 aromatic rings. The molecule has 0 aliphatic rings. The van der Waals surface area contributed by atoms with Crippen molar-refractivity contribution in [1.29, 1.82) is 0 Å². The van der Waals surface area contributed by atoms with Crippen molar-refractivity contribution in [2.24, 2.45) is 0 Å². The first-order chi connectivity index (χ1) is 8.95. The number of aromatic carboxylic acids is 1. The van der Waals surface area contributed by atoms with Gasteiger partial charge in [-0.3, -0.25) is 0 Å². The van der Waals surface area contributed by atoms with Crippen molar-refractivity contribution < 1.29 is 14.3 Å². The number of carboxylic acid groups (broad SMARTS) is 1. The number of benzene rings is 2. The Morgan fingerprint density at radius 1 is 1.21 bits per heavy atom. The molecule has 98 valence electrons. The first-order valence-electron chi connectivity index (χ1n) is 5.53. The van der Waals surface area contributed by atoms with Crippen LogP contribution < -0.4 is 5.32 Å². The zero-order valence-corrected chi connectivity index (χ0v) is 10.8. The fourth-order valence-electron chi connectivity index (χ4n) is 1.77. The summed E-state index contributed by atoms with van der Waals surface area (Å²) in [6.45, 7) is 1.70. The zero-order valence-electron chi connectivity index (χ0n) is 10.1. The van der Waals surface area contributed by atoms with E-state index in [4.69, 9.17) is 16.7 Å². The molecule has 0 aromatic heterocycles. The molecule has 3 nitrogen and oxygen atoms in total. The van der Waals surface area contributed by atoms with Crippen LogP contribution in [-0.2, 0) is 0 Å². The molecule has 0 fully saturated rings. The minimum atomic E-state index is -0.974. The second-order valence-electron chi connectivity index (χ2n) is 4.12. The second kappa shape index (κ2) is 5.28. The monoisotopic (exact) mass is 279 g/mol. The van der Waals surface area contributed by atoms with Crippen LogP contribution in [0.4, 0.5) is 15.8 Å². The molecule has 0 aliphatic heterocycles. The van der Waals surface area contributed by atoms with Gasteiger partial charge in [-0.1, -0.05) is 11.6 Å². The first kappa shape index (κ1) is 13.4. The molecule has 0 radical (unpaired) electrons. The van der Waals surface area contributed by atoms with Crippen LogP contribution in [0.3, 0.4) is 0 Å². The smallest absolute Gasteiger partial charge is 0.335 e. The topological polar surface area (TPSA) is 49.3 Å². The maximum absolute atomic E-state index is 13.2. The number of carboxylic acids is 1. The van der Waals surface area contributed by atoms with Crippen molar-refractivity contribution in [1.82, 2.24) is 0 Å². The van der Waals surface area contributed by atoms with E-state index in [9.17, 15) is 9.18 Å². The number of rotatable bonds is 3. The van der Waals surface area contributed by atoms with E-state index in [2.05, 4.69) is 5.32 Å². The average molecular weight is 280 g/mol. The molecule has 0 unspecified atom stereocenters. The number of aryl methyl sites for hydroxylation is 1. The molecule has 0 spiro atoms. The Hall–Kier alpha value is -2.07. The summed E-state index contributed by atoms with van der Waals surface area (Å²) >= 11 is 5.76. The van der Waals surface area contributed by atoms with Crippen LogP contribution in [0.1, 0.15) is 15.9 Å². The van der Waals surface area contributed by atoms with Gasteiger partial charge in [0, 0.05) is 16.4 Å². The van der Waals surface area contributed by atoms with Crippen LogP contribution >= 0.6 is 11.6 Å². The maximum Gasteiger partial charge on any atom is 0.335 e. The standard InChI is InChI=1S/C14H11ClFNO2/c1-8-4-11(2-3-13(8)14(18)19)17-12-6-9(15)5-10(16)7-12/h2-7,17H,1H3,(H,18,19). The normalized spacial score (nSPS) is 10.3. The van der Waals surface area contributed by atoms with E-state index < -0.39 is 11.8 Å². The number of hydrogen-bond donors (Lipinski definition) is 2. The van der Waals surface area contributed by atoms with Gasteiger partial charge in [-0.2, -0.15) is 0 Å². The molecular weight excluding hydrogens is 269 g/mol. The summed E-state index contributed by atoms with van der Waals surface area (Å²) in [5.74, 6) is -1.41. The molecule has 0 amide bonds. The summed E-state index contributed by atoms with van der Waals surface area (Å²) in [5.41, 5.74) is 2.04. The third-order valence-electron chi connectivity index (χ3n) is 2.61. The van der Waals surface area contributed by atoms with E-state index in [0.717, 1.165) is 0 Å². The Morgan fingerprint density at radius 2 is 1.95 bits per heavy atom. The lowest BCUT2D eigenvalue weighted by molar-refractivity contribution is 0.0696. The molecule has 2 aromatic carbocycles. The highest BCUT2D eigenvalue weighted by Gasteiger charge is 2.07.